The summed E-state index contributed by atoms with van der Waals surface area (Å²) in [5.41, 5.74) is 4.09. The smallest absolute Gasteiger partial charge is 0.246 e. The highest BCUT2D eigenvalue weighted by Gasteiger charge is 2.51. The van der Waals surface area contributed by atoms with E-state index >= 15 is 0 Å². The van der Waals surface area contributed by atoms with E-state index in [1.165, 1.54) is 6.42 Å². The summed E-state index contributed by atoms with van der Waals surface area (Å²) < 4.78 is 0. The monoisotopic (exact) mass is 621 g/mol. The third-order valence-corrected chi connectivity index (χ3v) is 9.31. The maximum atomic E-state index is 14.4. The van der Waals surface area contributed by atoms with Gasteiger partial charge in [0.05, 0.1) is 13.1 Å². The number of phenols is 1. The van der Waals surface area contributed by atoms with Crippen LogP contribution in [0, 0.1) is 0 Å². The van der Waals surface area contributed by atoms with E-state index in [2.05, 4.69) is 23.6 Å². The molecule has 9 nitrogen and oxygen atoms in total. The number of carbonyl (C=O) groups is 3. The Hall–Kier alpha value is -4.63. The van der Waals surface area contributed by atoms with Gasteiger partial charge in [-0.05, 0) is 60.6 Å². The second-order valence-corrected chi connectivity index (χ2v) is 12.4. The number of nitrogens with zero attached hydrogens (tertiary/aromatic N) is 5. The summed E-state index contributed by atoms with van der Waals surface area (Å²) >= 11 is 0. The van der Waals surface area contributed by atoms with Crippen LogP contribution < -0.4 is 4.90 Å². The molecule has 0 spiro atoms. The summed E-state index contributed by atoms with van der Waals surface area (Å²) in [6.07, 6.45) is 5.67. The first-order valence-electron chi connectivity index (χ1n) is 16.4. The highest BCUT2D eigenvalue weighted by atomic mass is 16.3. The number of hydrogen-bond donors (Lipinski definition) is 1. The normalized spacial score (nSPS) is 20.5. The van der Waals surface area contributed by atoms with Crippen molar-refractivity contribution in [1.82, 2.24) is 19.8 Å². The first-order chi connectivity index (χ1) is 22.4. The van der Waals surface area contributed by atoms with E-state index in [4.69, 9.17) is 0 Å². The molecule has 3 heterocycles. The second kappa shape index (κ2) is 14.2. The molecule has 2 atom stereocenters. The van der Waals surface area contributed by atoms with Crippen LogP contribution in [0.2, 0.25) is 0 Å². The molecule has 3 aromatic rings. The number of benzene rings is 3. The van der Waals surface area contributed by atoms with Crippen LogP contribution >= 0.6 is 0 Å². The molecule has 9 heteroatoms. The molecular weight excluding hydrogens is 578 g/mol. The van der Waals surface area contributed by atoms with Gasteiger partial charge in [0, 0.05) is 44.7 Å². The molecule has 240 valence electrons. The minimum Gasteiger partial charge on any atom is -0.508 e. The SMILES string of the molecule is C=CCN1CC(=O)N2C(Cc3ccc(O)cc3)C(=O)N(Cc3ccccc3N3CCCCC3)CC2N1C(=O)CCc1ccccc1. The predicted octanol–water partition coefficient (Wildman–Crippen LogP) is 4.37. The van der Waals surface area contributed by atoms with Crippen molar-refractivity contribution in [1.29, 1.82) is 0 Å². The molecule has 3 amide bonds. The lowest BCUT2D eigenvalue weighted by Gasteiger charge is -2.55. The lowest BCUT2D eigenvalue weighted by molar-refractivity contribution is -0.205. The molecule has 3 aliphatic rings. The van der Waals surface area contributed by atoms with Crippen LogP contribution in [0.4, 0.5) is 5.69 Å². The number of aryl methyl sites for hydroxylation is 1. The van der Waals surface area contributed by atoms with Gasteiger partial charge in [0.15, 0.2) is 0 Å². The zero-order valence-corrected chi connectivity index (χ0v) is 26.3. The lowest BCUT2D eigenvalue weighted by atomic mass is 9.97. The van der Waals surface area contributed by atoms with E-state index in [-0.39, 0.29) is 49.4 Å². The Bertz CT molecular complexity index is 1540. The van der Waals surface area contributed by atoms with Crippen molar-refractivity contribution in [3.05, 3.63) is 108 Å². The third-order valence-electron chi connectivity index (χ3n) is 9.31. The van der Waals surface area contributed by atoms with Crippen molar-refractivity contribution < 1.29 is 19.5 Å². The Kier molecular flexibility index (Phi) is 9.68. The molecule has 1 N–H and O–H groups in total. The Labute approximate surface area is 271 Å². The van der Waals surface area contributed by atoms with Crippen molar-refractivity contribution in [2.75, 3.05) is 37.6 Å². The molecular formula is C37H43N5O4. The number of carbonyl (C=O) groups excluding carboxylic acids is 3. The molecule has 0 aliphatic carbocycles. The summed E-state index contributed by atoms with van der Waals surface area (Å²) in [4.78, 5) is 48.3. The molecule has 0 saturated carbocycles. The number of aromatic hydroxyl groups is 1. The molecule has 3 fully saturated rings. The molecule has 3 aliphatic heterocycles. The van der Waals surface area contributed by atoms with Gasteiger partial charge in [-0.2, -0.15) is 0 Å². The number of amides is 3. The van der Waals surface area contributed by atoms with Crippen molar-refractivity contribution in [3.63, 3.8) is 0 Å². The summed E-state index contributed by atoms with van der Waals surface area (Å²) in [7, 11) is 0. The van der Waals surface area contributed by atoms with Crippen LogP contribution in [-0.4, -0.2) is 87.6 Å². The number of piperazine rings is 1. The van der Waals surface area contributed by atoms with Crippen molar-refractivity contribution in [2.45, 2.75) is 57.3 Å². The van der Waals surface area contributed by atoms with E-state index in [0.717, 1.165) is 48.3 Å². The second-order valence-electron chi connectivity index (χ2n) is 12.4. The van der Waals surface area contributed by atoms with Crippen LogP contribution in [0.1, 0.15) is 42.4 Å². The van der Waals surface area contributed by atoms with Crippen LogP contribution in [0.15, 0.2) is 91.5 Å². The number of piperidine rings is 1. The van der Waals surface area contributed by atoms with Gasteiger partial charge in [-0.1, -0.05) is 66.7 Å². The van der Waals surface area contributed by atoms with Crippen LogP contribution in [0.3, 0.4) is 0 Å². The molecule has 3 aromatic carbocycles. The summed E-state index contributed by atoms with van der Waals surface area (Å²) in [6, 6.07) is 24.1. The fraction of sp³-hybridized carbons (Fsp3) is 0.378. The first-order valence-corrected chi connectivity index (χ1v) is 16.4. The van der Waals surface area contributed by atoms with Gasteiger partial charge in [0.2, 0.25) is 17.7 Å². The molecule has 0 radical (unpaired) electrons. The van der Waals surface area contributed by atoms with E-state index in [1.807, 2.05) is 47.4 Å². The zero-order chi connectivity index (χ0) is 32.0. The first kappa shape index (κ1) is 31.4. The van der Waals surface area contributed by atoms with E-state index in [0.29, 0.717) is 19.5 Å². The Morgan fingerprint density at radius 3 is 2.35 bits per heavy atom. The fourth-order valence-electron chi connectivity index (χ4n) is 7.06. The number of para-hydroxylation sites is 1. The number of rotatable bonds is 10. The standard InChI is InChI=1S/C37H43N5O4/c1-2-21-40-27-36(45)41-33(24-29-15-18-31(43)19-16-29)37(46)39(25-30-13-7-8-14-32(30)38-22-9-4-10-23-38)26-34(41)42(40)35(44)20-17-28-11-5-3-6-12-28/h2-3,5-8,11-16,18-19,33-34,43H,1,4,9-10,17,20-27H2. The molecule has 0 bridgehead atoms. The molecule has 3 saturated heterocycles. The number of phenolic OH excluding ortho intramolecular Hbond substituents is 1. The van der Waals surface area contributed by atoms with Gasteiger partial charge in [-0.3, -0.25) is 14.4 Å². The maximum Gasteiger partial charge on any atom is 0.246 e. The predicted molar refractivity (Wildman–Crippen MR) is 178 cm³/mol. The number of anilines is 1. The Morgan fingerprint density at radius 1 is 0.891 bits per heavy atom. The largest absolute Gasteiger partial charge is 0.508 e. The highest BCUT2D eigenvalue weighted by molar-refractivity contribution is 5.92. The fourth-order valence-corrected chi connectivity index (χ4v) is 7.06. The molecule has 6 rings (SSSR count). The van der Waals surface area contributed by atoms with Crippen molar-refractivity contribution in [3.8, 4) is 5.75 Å². The minimum absolute atomic E-state index is 0.0171. The maximum absolute atomic E-state index is 14.4. The van der Waals surface area contributed by atoms with Crippen LogP contribution in [0.25, 0.3) is 0 Å². The van der Waals surface area contributed by atoms with Gasteiger partial charge < -0.3 is 19.8 Å². The Morgan fingerprint density at radius 2 is 1.61 bits per heavy atom. The van der Waals surface area contributed by atoms with E-state index in [1.54, 1.807) is 45.3 Å². The number of hydrazine groups is 1. The van der Waals surface area contributed by atoms with Gasteiger partial charge in [-0.15, -0.1) is 6.58 Å². The third kappa shape index (κ3) is 6.79. The lowest BCUT2D eigenvalue weighted by Crippen LogP contribution is -2.75. The number of fused-ring (bicyclic) bond motifs is 1. The Balaban J connectivity index is 1.34. The topological polar surface area (TPSA) is 87.6 Å². The van der Waals surface area contributed by atoms with Gasteiger partial charge >= 0.3 is 0 Å². The van der Waals surface area contributed by atoms with Crippen LogP contribution in [-0.2, 0) is 33.8 Å². The molecule has 46 heavy (non-hydrogen) atoms. The average molecular weight is 622 g/mol. The van der Waals surface area contributed by atoms with Crippen molar-refractivity contribution >= 4 is 23.4 Å². The van der Waals surface area contributed by atoms with E-state index in [9.17, 15) is 19.5 Å². The number of hydrogen-bond acceptors (Lipinski definition) is 6. The highest BCUT2D eigenvalue weighted by Crippen LogP contribution is 2.32. The summed E-state index contributed by atoms with van der Waals surface area (Å²) in [6.45, 7) is 6.76. The van der Waals surface area contributed by atoms with Gasteiger partial charge in [-0.25, -0.2) is 10.0 Å². The van der Waals surface area contributed by atoms with Crippen LogP contribution in [0.5, 0.6) is 5.75 Å². The molecule has 0 aromatic heterocycles. The van der Waals surface area contributed by atoms with E-state index < -0.39 is 12.2 Å². The zero-order valence-electron chi connectivity index (χ0n) is 26.3. The van der Waals surface area contributed by atoms with Gasteiger partial charge in [0.25, 0.3) is 0 Å². The minimum atomic E-state index is -0.798. The summed E-state index contributed by atoms with van der Waals surface area (Å²) in [5, 5.41) is 13.4. The average Bonchev–Trinajstić information content (AvgIpc) is 3.08. The molecule has 2 unspecified atom stereocenters. The van der Waals surface area contributed by atoms with Crippen molar-refractivity contribution in [2.24, 2.45) is 0 Å². The summed E-state index contributed by atoms with van der Waals surface area (Å²) in [5.74, 6) is -0.291. The van der Waals surface area contributed by atoms with Gasteiger partial charge in [0.1, 0.15) is 18.0 Å². The quantitative estimate of drug-likeness (QED) is 0.339.